The van der Waals surface area contributed by atoms with Crippen molar-refractivity contribution >= 4 is 11.6 Å². The highest BCUT2D eigenvalue weighted by atomic mass is 16.1. The normalized spacial score (nSPS) is 10.5. The van der Waals surface area contributed by atoms with Gasteiger partial charge in [0.05, 0.1) is 6.54 Å². The Morgan fingerprint density at radius 1 is 1.53 bits per heavy atom. The van der Waals surface area contributed by atoms with E-state index in [9.17, 15) is 4.79 Å². The largest absolute Gasteiger partial charge is 0.354 e. The molecule has 0 spiro atoms. The summed E-state index contributed by atoms with van der Waals surface area (Å²) < 4.78 is 1.46. The predicted molar refractivity (Wildman–Crippen MR) is 52.1 cm³/mol. The van der Waals surface area contributed by atoms with Gasteiger partial charge in [-0.15, -0.1) is 10.2 Å². The van der Waals surface area contributed by atoms with Crippen LogP contribution in [0.1, 0.15) is 16.3 Å². The summed E-state index contributed by atoms with van der Waals surface area (Å²) in [5.74, 6) is 0.268. The molecular weight excluding hydrogens is 196 g/mol. The molecule has 1 amide bonds. The molecule has 2 aromatic heterocycles. The quantitative estimate of drug-likeness (QED) is 0.652. The third-order valence-corrected chi connectivity index (χ3v) is 1.97. The van der Waals surface area contributed by atoms with Crippen molar-refractivity contribution in [3.63, 3.8) is 0 Å². The Labute approximate surface area is 85.3 Å². The number of nitrogens with one attached hydrogen (secondary N) is 1. The molecule has 0 bridgehead atoms. The SMILES string of the molecule is CNC(=O)c1ccc2nnc(CN)n2n1. The smallest absolute Gasteiger partial charge is 0.271 e. The first-order chi connectivity index (χ1) is 7.26. The van der Waals surface area contributed by atoms with Crippen molar-refractivity contribution < 1.29 is 4.79 Å². The average Bonchev–Trinajstić information content (AvgIpc) is 2.69. The number of amides is 1. The summed E-state index contributed by atoms with van der Waals surface area (Å²) in [5.41, 5.74) is 6.33. The molecule has 0 aliphatic heterocycles. The Morgan fingerprint density at radius 2 is 2.33 bits per heavy atom. The number of hydrogen-bond donors (Lipinski definition) is 2. The lowest BCUT2D eigenvalue weighted by Crippen LogP contribution is -2.20. The van der Waals surface area contributed by atoms with Crippen molar-refractivity contribution in [3.8, 4) is 0 Å². The van der Waals surface area contributed by atoms with Crippen molar-refractivity contribution in [1.29, 1.82) is 0 Å². The first-order valence-corrected chi connectivity index (χ1v) is 4.39. The molecule has 0 aliphatic rings. The van der Waals surface area contributed by atoms with Gasteiger partial charge in [-0.3, -0.25) is 4.79 Å². The van der Waals surface area contributed by atoms with E-state index in [1.54, 1.807) is 19.2 Å². The topological polar surface area (TPSA) is 98.2 Å². The summed E-state index contributed by atoms with van der Waals surface area (Å²) in [6.45, 7) is 0.228. The van der Waals surface area contributed by atoms with Gasteiger partial charge in [0.25, 0.3) is 5.91 Å². The number of hydrogen-bond acceptors (Lipinski definition) is 5. The molecule has 2 rings (SSSR count). The van der Waals surface area contributed by atoms with Crippen LogP contribution in [-0.4, -0.2) is 32.8 Å². The molecular formula is C8H10N6O. The third-order valence-electron chi connectivity index (χ3n) is 1.97. The fraction of sp³-hybridized carbons (Fsp3) is 0.250. The summed E-state index contributed by atoms with van der Waals surface area (Å²) in [6.07, 6.45) is 0. The minimum Gasteiger partial charge on any atom is -0.354 e. The minimum absolute atomic E-state index is 0.228. The second-order valence-electron chi connectivity index (χ2n) is 2.89. The van der Waals surface area contributed by atoms with E-state index >= 15 is 0 Å². The van der Waals surface area contributed by atoms with Crippen LogP contribution in [0.25, 0.3) is 5.65 Å². The van der Waals surface area contributed by atoms with E-state index in [4.69, 9.17) is 5.73 Å². The van der Waals surface area contributed by atoms with Gasteiger partial charge in [0.15, 0.2) is 11.5 Å². The van der Waals surface area contributed by atoms with Crippen LogP contribution in [0, 0.1) is 0 Å². The molecule has 0 aromatic carbocycles. The van der Waals surface area contributed by atoms with Crippen molar-refractivity contribution in [2.45, 2.75) is 6.54 Å². The summed E-state index contributed by atoms with van der Waals surface area (Å²) in [6, 6.07) is 3.26. The number of aromatic nitrogens is 4. The molecule has 3 N–H and O–H groups in total. The standard InChI is InChI=1S/C8H10N6O/c1-10-8(15)5-2-3-6-11-12-7(4-9)14(6)13-5/h2-3H,4,9H2,1H3,(H,10,15). The number of rotatable bonds is 2. The fourth-order valence-electron chi connectivity index (χ4n) is 1.21. The number of carbonyl (C=O) groups excluding carboxylic acids is 1. The van der Waals surface area contributed by atoms with Gasteiger partial charge in [-0.05, 0) is 12.1 Å². The predicted octanol–water partition coefficient (Wildman–Crippen LogP) is -1.06. The maximum absolute atomic E-state index is 11.3. The summed E-state index contributed by atoms with van der Waals surface area (Å²) in [7, 11) is 1.55. The Morgan fingerprint density at radius 3 is 3.00 bits per heavy atom. The molecule has 2 heterocycles. The number of carbonyl (C=O) groups is 1. The lowest BCUT2D eigenvalue weighted by atomic mass is 10.3. The molecule has 2 aromatic rings. The molecule has 0 fully saturated rings. The van der Waals surface area contributed by atoms with Crippen molar-refractivity contribution in [2.24, 2.45) is 5.73 Å². The maximum Gasteiger partial charge on any atom is 0.271 e. The Hall–Kier alpha value is -2.02. The average molecular weight is 206 g/mol. The number of nitrogens with zero attached hydrogens (tertiary/aromatic N) is 4. The van der Waals surface area contributed by atoms with E-state index in [1.165, 1.54) is 4.52 Å². The zero-order chi connectivity index (χ0) is 10.8. The van der Waals surface area contributed by atoms with E-state index in [1.807, 2.05) is 0 Å². The van der Waals surface area contributed by atoms with Gasteiger partial charge in [0, 0.05) is 7.05 Å². The van der Waals surface area contributed by atoms with Gasteiger partial charge in [-0.25, -0.2) is 0 Å². The minimum atomic E-state index is -0.256. The molecule has 0 radical (unpaired) electrons. The highest BCUT2D eigenvalue weighted by Gasteiger charge is 2.09. The summed E-state index contributed by atoms with van der Waals surface area (Å²) >= 11 is 0. The van der Waals surface area contributed by atoms with Crippen molar-refractivity contribution in [3.05, 3.63) is 23.7 Å². The second kappa shape index (κ2) is 3.62. The summed E-state index contributed by atoms with van der Waals surface area (Å²) in [5, 5.41) is 14.3. The zero-order valence-electron chi connectivity index (χ0n) is 8.14. The third kappa shape index (κ3) is 1.52. The van der Waals surface area contributed by atoms with Gasteiger partial charge in [0.1, 0.15) is 5.69 Å². The van der Waals surface area contributed by atoms with Crippen LogP contribution < -0.4 is 11.1 Å². The van der Waals surface area contributed by atoms with Gasteiger partial charge >= 0.3 is 0 Å². The first kappa shape index (κ1) is 9.53. The molecule has 0 atom stereocenters. The lowest BCUT2D eigenvalue weighted by molar-refractivity contribution is 0.0957. The summed E-state index contributed by atoms with van der Waals surface area (Å²) in [4.78, 5) is 11.3. The van der Waals surface area contributed by atoms with Crippen LogP contribution >= 0.6 is 0 Å². The highest BCUT2D eigenvalue weighted by Crippen LogP contribution is 2.02. The Balaban J connectivity index is 2.57. The van der Waals surface area contributed by atoms with Crippen molar-refractivity contribution in [2.75, 3.05) is 7.05 Å². The van der Waals surface area contributed by atoms with Gasteiger partial charge in [-0.2, -0.15) is 9.61 Å². The van der Waals surface area contributed by atoms with Crippen molar-refractivity contribution in [1.82, 2.24) is 25.1 Å². The van der Waals surface area contributed by atoms with E-state index in [0.29, 0.717) is 17.2 Å². The van der Waals surface area contributed by atoms with Gasteiger partial charge < -0.3 is 11.1 Å². The fourth-order valence-corrected chi connectivity index (χ4v) is 1.21. The molecule has 15 heavy (non-hydrogen) atoms. The van der Waals surface area contributed by atoms with E-state index in [0.717, 1.165) is 0 Å². The van der Waals surface area contributed by atoms with Gasteiger partial charge in [0.2, 0.25) is 0 Å². The monoisotopic (exact) mass is 206 g/mol. The van der Waals surface area contributed by atoms with Crippen LogP contribution in [0.2, 0.25) is 0 Å². The van der Waals surface area contributed by atoms with E-state index in [-0.39, 0.29) is 12.5 Å². The van der Waals surface area contributed by atoms with Crippen LogP contribution in [-0.2, 0) is 6.54 Å². The van der Waals surface area contributed by atoms with Crippen LogP contribution in [0.5, 0.6) is 0 Å². The van der Waals surface area contributed by atoms with Crippen LogP contribution in [0.15, 0.2) is 12.1 Å². The van der Waals surface area contributed by atoms with E-state index < -0.39 is 0 Å². The second-order valence-corrected chi connectivity index (χ2v) is 2.89. The molecule has 7 nitrogen and oxygen atoms in total. The molecule has 7 heteroatoms. The van der Waals surface area contributed by atoms with Crippen LogP contribution in [0.4, 0.5) is 0 Å². The molecule has 0 saturated heterocycles. The van der Waals surface area contributed by atoms with Crippen LogP contribution in [0.3, 0.4) is 0 Å². The molecule has 0 unspecified atom stereocenters. The number of nitrogens with two attached hydrogens (primary N) is 1. The molecule has 0 saturated carbocycles. The highest BCUT2D eigenvalue weighted by molar-refractivity contribution is 5.91. The first-order valence-electron chi connectivity index (χ1n) is 4.39. The molecule has 78 valence electrons. The zero-order valence-corrected chi connectivity index (χ0v) is 8.14. The van der Waals surface area contributed by atoms with Gasteiger partial charge in [-0.1, -0.05) is 0 Å². The van der Waals surface area contributed by atoms with E-state index in [2.05, 4.69) is 20.6 Å². The Kier molecular flexibility index (Phi) is 2.30. The Bertz CT molecular complexity index is 505. The number of fused-ring (bicyclic) bond motifs is 1. The molecule has 0 aliphatic carbocycles. The lowest BCUT2D eigenvalue weighted by Gasteiger charge is -2.00. The maximum atomic E-state index is 11.3.